The first kappa shape index (κ1) is 30.4. The molecular formula is C32H30N2O9S. The second kappa shape index (κ2) is 12.3. The summed E-state index contributed by atoms with van der Waals surface area (Å²) in [5.74, 6) is 0.283. The summed E-state index contributed by atoms with van der Waals surface area (Å²) in [5.41, 5.74) is 2.10. The van der Waals surface area contributed by atoms with Gasteiger partial charge in [0.1, 0.15) is 11.5 Å². The van der Waals surface area contributed by atoms with Gasteiger partial charge in [-0.2, -0.15) is 0 Å². The number of hydrogen-bond acceptors (Lipinski definition) is 10. The van der Waals surface area contributed by atoms with Gasteiger partial charge in [-0.15, -0.1) is 0 Å². The number of ether oxygens (including phenoxy) is 4. The van der Waals surface area contributed by atoms with Gasteiger partial charge in [0.15, 0.2) is 16.3 Å². The molecule has 0 aliphatic carbocycles. The first-order valence-corrected chi connectivity index (χ1v) is 14.4. The van der Waals surface area contributed by atoms with Gasteiger partial charge in [-0.05, 0) is 62.2 Å². The standard InChI is InChI=1S/C32H30N2O9S/c1-7-42-31(38)26-17(3)33-32-34(27(26)18-13-23(39-4)28(41-6)24(14-18)40-5)29(35)25(44-32)15-19-11-12-22(43-19)20-9-8-10-21(16(20)2)30(36)37/h8-15,27H,7H2,1-6H3,(H,36,37)/b25-15-/t27-/m1/s1. The molecule has 1 aliphatic heterocycles. The van der Waals surface area contributed by atoms with Crippen LogP contribution in [0.5, 0.6) is 17.2 Å². The number of rotatable bonds is 9. The summed E-state index contributed by atoms with van der Waals surface area (Å²) in [6.45, 7) is 5.25. The summed E-state index contributed by atoms with van der Waals surface area (Å²) in [7, 11) is 4.45. The van der Waals surface area contributed by atoms with Crippen LogP contribution in [0.15, 0.2) is 67.9 Å². The first-order valence-electron chi connectivity index (χ1n) is 13.6. The molecule has 1 atom stereocenters. The lowest BCUT2D eigenvalue weighted by Crippen LogP contribution is -2.40. The van der Waals surface area contributed by atoms with Crippen LogP contribution in [0.1, 0.15) is 47.1 Å². The van der Waals surface area contributed by atoms with Crippen molar-refractivity contribution in [2.45, 2.75) is 26.8 Å². The fourth-order valence-corrected chi connectivity index (χ4v) is 6.23. The quantitative estimate of drug-likeness (QED) is 0.275. The van der Waals surface area contributed by atoms with E-state index < -0.39 is 23.5 Å². The number of carbonyl (C=O) groups excluding carboxylic acids is 1. The van der Waals surface area contributed by atoms with E-state index in [2.05, 4.69) is 4.99 Å². The van der Waals surface area contributed by atoms with Crippen LogP contribution in [0, 0.1) is 6.92 Å². The number of nitrogens with zero attached hydrogens (tertiary/aromatic N) is 2. The number of aromatic nitrogens is 1. The largest absolute Gasteiger partial charge is 0.493 e. The molecule has 228 valence electrons. The van der Waals surface area contributed by atoms with Crippen molar-refractivity contribution in [2.75, 3.05) is 27.9 Å². The Balaban J connectivity index is 1.68. The number of esters is 1. The summed E-state index contributed by atoms with van der Waals surface area (Å²) in [6, 6.07) is 10.8. The molecule has 5 rings (SSSR count). The van der Waals surface area contributed by atoms with Gasteiger partial charge < -0.3 is 28.5 Å². The maximum absolute atomic E-state index is 14.0. The van der Waals surface area contributed by atoms with E-state index >= 15 is 0 Å². The molecule has 44 heavy (non-hydrogen) atoms. The highest BCUT2D eigenvalue weighted by Gasteiger charge is 2.34. The van der Waals surface area contributed by atoms with E-state index in [1.54, 1.807) is 63.2 Å². The van der Waals surface area contributed by atoms with E-state index in [0.29, 0.717) is 60.5 Å². The predicted octanol–water partition coefficient (Wildman–Crippen LogP) is 4.09. The molecule has 0 saturated carbocycles. The Morgan fingerprint density at radius 2 is 1.77 bits per heavy atom. The normalized spacial score (nSPS) is 14.6. The van der Waals surface area contributed by atoms with Crippen molar-refractivity contribution in [2.24, 2.45) is 4.99 Å². The second-order valence-electron chi connectivity index (χ2n) is 9.75. The van der Waals surface area contributed by atoms with Gasteiger partial charge in [-0.25, -0.2) is 14.6 Å². The number of furan rings is 1. The predicted molar refractivity (Wildman–Crippen MR) is 162 cm³/mol. The van der Waals surface area contributed by atoms with Gasteiger partial charge in [0.2, 0.25) is 5.75 Å². The van der Waals surface area contributed by atoms with E-state index in [1.165, 1.54) is 32.0 Å². The third kappa shape index (κ3) is 5.28. The fraction of sp³-hybridized carbons (Fsp3) is 0.250. The van der Waals surface area contributed by atoms with Crippen LogP contribution in [0.4, 0.5) is 0 Å². The van der Waals surface area contributed by atoms with Crippen LogP contribution < -0.4 is 29.1 Å². The van der Waals surface area contributed by atoms with Crippen molar-refractivity contribution >= 4 is 29.4 Å². The minimum Gasteiger partial charge on any atom is -0.493 e. The van der Waals surface area contributed by atoms with Crippen LogP contribution >= 0.6 is 11.3 Å². The zero-order valence-corrected chi connectivity index (χ0v) is 25.7. The molecule has 0 radical (unpaired) electrons. The monoisotopic (exact) mass is 618 g/mol. The second-order valence-corrected chi connectivity index (χ2v) is 10.8. The number of aromatic carboxylic acids is 1. The van der Waals surface area contributed by atoms with Gasteiger partial charge in [0.05, 0.1) is 55.3 Å². The highest BCUT2D eigenvalue weighted by Crippen LogP contribution is 2.42. The number of fused-ring (bicyclic) bond motifs is 1. The van der Waals surface area contributed by atoms with Gasteiger partial charge in [-0.3, -0.25) is 9.36 Å². The molecule has 2 aromatic heterocycles. The van der Waals surface area contributed by atoms with Gasteiger partial charge in [-0.1, -0.05) is 23.5 Å². The summed E-state index contributed by atoms with van der Waals surface area (Å²) >= 11 is 1.15. The zero-order chi connectivity index (χ0) is 31.7. The van der Waals surface area contributed by atoms with E-state index in [0.717, 1.165) is 11.3 Å². The van der Waals surface area contributed by atoms with Gasteiger partial charge in [0, 0.05) is 11.6 Å². The Kier molecular flexibility index (Phi) is 8.45. The fourth-order valence-electron chi connectivity index (χ4n) is 5.20. The highest BCUT2D eigenvalue weighted by atomic mass is 32.1. The van der Waals surface area contributed by atoms with Crippen molar-refractivity contribution in [1.82, 2.24) is 4.57 Å². The Bertz CT molecular complexity index is 1970. The molecule has 1 aliphatic rings. The maximum atomic E-state index is 14.0. The number of methoxy groups -OCH3 is 3. The molecule has 0 saturated heterocycles. The van der Waals surface area contributed by atoms with Crippen LogP contribution in [0.25, 0.3) is 17.4 Å². The molecule has 4 aromatic rings. The average molecular weight is 619 g/mol. The Hall–Kier alpha value is -5.10. The summed E-state index contributed by atoms with van der Waals surface area (Å²) in [4.78, 5) is 43.9. The number of carboxylic acid groups (broad SMARTS) is 1. The van der Waals surface area contributed by atoms with Crippen LogP contribution in [0.2, 0.25) is 0 Å². The van der Waals surface area contributed by atoms with E-state index in [-0.39, 0.29) is 17.7 Å². The molecule has 0 amide bonds. The minimum atomic E-state index is -1.03. The number of allylic oxidation sites excluding steroid dienone is 1. The smallest absolute Gasteiger partial charge is 0.338 e. The molecule has 0 unspecified atom stereocenters. The highest BCUT2D eigenvalue weighted by molar-refractivity contribution is 7.07. The van der Waals surface area contributed by atoms with Crippen molar-refractivity contribution < 1.29 is 38.1 Å². The van der Waals surface area contributed by atoms with Crippen LogP contribution in [-0.2, 0) is 9.53 Å². The topological polar surface area (TPSA) is 139 Å². The van der Waals surface area contributed by atoms with Crippen LogP contribution in [0.3, 0.4) is 0 Å². The Morgan fingerprint density at radius 3 is 2.39 bits per heavy atom. The number of carbonyl (C=O) groups is 2. The molecule has 2 aromatic carbocycles. The SMILES string of the molecule is CCOC(=O)C1=C(C)N=c2s/c(=C\c3ccc(-c4cccc(C(=O)O)c4C)o3)c(=O)n2[C@@H]1c1cc(OC)c(OC)c(OC)c1. The third-order valence-electron chi connectivity index (χ3n) is 7.25. The molecule has 0 fully saturated rings. The van der Waals surface area contributed by atoms with Crippen molar-refractivity contribution in [3.63, 3.8) is 0 Å². The lowest BCUT2D eigenvalue weighted by Gasteiger charge is -2.26. The zero-order valence-electron chi connectivity index (χ0n) is 24.9. The minimum absolute atomic E-state index is 0.137. The molecular weight excluding hydrogens is 588 g/mol. The molecule has 3 heterocycles. The molecule has 0 bridgehead atoms. The number of carboxylic acids is 1. The van der Waals surface area contributed by atoms with Crippen molar-refractivity contribution in [3.05, 3.63) is 95.9 Å². The summed E-state index contributed by atoms with van der Waals surface area (Å²) < 4.78 is 29.8. The van der Waals surface area contributed by atoms with Crippen molar-refractivity contribution in [3.8, 4) is 28.6 Å². The maximum Gasteiger partial charge on any atom is 0.338 e. The first-order chi connectivity index (χ1) is 21.1. The van der Waals surface area contributed by atoms with Gasteiger partial charge >= 0.3 is 11.9 Å². The van der Waals surface area contributed by atoms with Gasteiger partial charge in [0.25, 0.3) is 5.56 Å². The van der Waals surface area contributed by atoms with Crippen molar-refractivity contribution in [1.29, 1.82) is 0 Å². The number of thiazole rings is 1. The number of benzene rings is 2. The lowest BCUT2D eigenvalue weighted by atomic mass is 9.95. The van der Waals surface area contributed by atoms with E-state index in [4.69, 9.17) is 23.4 Å². The van der Waals surface area contributed by atoms with Crippen LogP contribution in [-0.4, -0.2) is 49.5 Å². The summed E-state index contributed by atoms with van der Waals surface area (Å²) in [6.07, 6.45) is 1.60. The Morgan fingerprint density at radius 1 is 1.07 bits per heavy atom. The average Bonchev–Trinajstić information content (AvgIpc) is 3.59. The molecule has 12 heteroatoms. The summed E-state index contributed by atoms with van der Waals surface area (Å²) in [5, 5.41) is 9.50. The van der Waals surface area contributed by atoms with E-state index in [1.807, 2.05) is 0 Å². The molecule has 0 spiro atoms. The lowest BCUT2D eigenvalue weighted by molar-refractivity contribution is -0.139. The number of hydrogen-bond donors (Lipinski definition) is 1. The Labute approximate surface area is 255 Å². The molecule has 1 N–H and O–H groups in total. The van der Waals surface area contributed by atoms with E-state index in [9.17, 15) is 19.5 Å². The third-order valence-corrected chi connectivity index (χ3v) is 8.23. The molecule has 11 nitrogen and oxygen atoms in total.